The number of nitrogens with zero attached hydrogens (tertiary/aromatic N) is 3. The molecule has 0 spiro atoms. The molecule has 0 saturated carbocycles. The van der Waals surface area contributed by atoms with Crippen molar-refractivity contribution >= 4 is 12.4 Å². The lowest BCUT2D eigenvalue weighted by molar-refractivity contribution is 0.378. The molecule has 0 aliphatic carbocycles. The first-order valence-electron chi connectivity index (χ1n) is 9.30. The number of nitrogens with one attached hydrogen (secondary N) is 1. The summed E-state index contributed by atoms with van der Waals surface area (Å²) in [6.45, 7) is 5.85. The predicted molar refractivity (Wildman–Crippen MR) is 110 cm³/mol. The maximum atomic E-state index is 5.53. The molecule has 1 N–H and O–H groups in total. The lowest BCUT2D eigenvalue weighted by Gasteiger charge is -2.19. The fraction of sp³-hybridized carbons (Fsp3) is 0.381. The van der Waals surface area contributed by atoms with Crippen molar-refractivity contribution in [1.82, 2.24) is 20.4 Å². The van der Waals surface area contributed by atoms with Gasteiger partial charge in [0.2, 0.25) is 11.7 Å². The van der Waals surface area contributed by atoms with Crippen LogP contribution in [0.4, 0.5) is 0 Å². The number of rotatable bonds is 5. The molecule has 0 fully saturated rings. The number of methoxy groups -OCH3 is 1. The zero-order valence-corrected chi connectivity index (χ0v) is 17.2. The number of aryl methyl sites for hydroxylation is 4. The molecule has 3 aromatic rings. The molecule has 28 heavy (non-hydrogen) atoms. The Labute approximate surface area is 171 Å². The minimum Gasteiger partial charge on any atom is -0.496 e. The van der Waals surface area contributed by atoms with Gasteiger partial charge in [0.25, 0.3) is 0 Å². The van der Waals surface area contributed by atoms with Crippen molar-refractivity contribution < 1.29 is 9.26 Å². The number of ether oxygens (including phenoxy) is 1. The second kappa shape index (κ2) is 8.71. The van der Waals surface area contributed by atoms with Crippen LogP contribution in [0.3, 0.4) is 0 Å². The molecule has 1 aliphatic heterocycles. The van der Waals surface area contributed by atoms with Crippen molar-refractivity contribution in [3.8, 4) is 17.1 Å². The van der Waals surface area contributed by atoms with Crippen molar-refractivity contribution in [2.75, 3.05) is 13.7 Å². The quantitative estimate of drug-likeness (QED) is 0.705. The molecule has 7 heteroatoms. The molecule has 0 atom stereocenters. The Morgan fingerprint density at radius 3 is 2.89 bits per heavy atom. The van der Waals surface area contributed by atoms with Crippen molar-refractivity contribution in [1.29, 1.82) is 0 Å². The molecule has 2 aromatic heterocycles. The van der Waals surface area contributed by atoms with E-state index in [1.54, 1.807) is 7.11 Å². The standard InChI is InChI=1S/C21H24N4O2.ClH/c1-13-4-5-15(10-18(13)26-3)6-7-19-24-21(25-27-19)20-14(2)23-12-16-11-22-9-8-17(16)20;/h4-5,10,12,22H,6-9,11H2,1-3H3;1H. The molecule has 4 rings (SSSR count). The first-order chi connectivity index (χ1) is 13.2. The Morgan fingerprint density at radius 1 is 1.21 bits per heavy atom. The average Bonchev–Trinajstić information content (AvgIpc) is 3.15. The Hall–Kier alpha value is -2.44. The van der Waals surface area contributed by atoms with Crippen LogP contribution in [0.15, 0.2) is 28.9 Å². The van der Waals surface area contributed by atoms with Gasteiger partial charge in [-0.25, -0.2) is 0 Å². The van der Waals surface area contributed by atoms with Crippen LogP contribution in [0.2, 0.25) is 0 Å². The highest BCUT2D eigenvalue weighted by Crippen LogP contribution is 2.29. The van der Waals surface area contributed by atoms with Crippen molar-refractivity contribution in [2.24, 2.45) is 0 Å². The van der Waals surface area contributed by atoms with Gasteiger partial charge in [-0.2, -0.15) is 4.98 Å². The van der Waals surface area contributed by atoms with Gasteiger partial charge >= 0.3 is 0 Å². The van der Waals surface area contributed by atoms with Gasteiger partial charge in [0.05, 0.1) is 7.11 Å². The van der Waals surface area contributed by atoms with E-state index in [1.165, 1.54) is 16.7 Å². The number of aromatic nitrogens is 3. The SMILES string of the molecule is COc1cc(CCc2nc(-c3c(C)ncc4c3CCNC4)no2)ccc1C.Cl. The van der Waals surface area contributed by atoms with E-state index in [2.05, 4.69) is 38.6 Å². The summed E-state index contributed by atoms with van der Waals surface area (Å²) in [6.07, 6.45) is 4.43. The summed E-state index contributed by atoms with van der Waals surface area (Å²) in [4.78, 5) is 9.18. The first kappa shape index (κ1) is 20.3. The molecular formula is C21H25ClN4O2. The highest BCUT2D eigenvalue weighted by Gasteiger charge is 2.21. The van der Waals surface area contributed by atoms with E-state index in [1.807, 2.05) is 20.0 Å². The Balaban J connectivity index is 0.00000225. The number of hydrogen-bond acceptors (Lipinski definition) is 6. The first-order valence-corrected chi connectivity index (χ1v) is 9.30. The molecule has 0 bridgehead atoms. The van der Waals surface area contributed by atoms with Gasteiger partial charge in [0, 0.05) is 30.4 Å². The third-order valence-corrected chi connectivity index (χ3v) is 5.12. The van der Waals surface area contributed by atoms with Crippen molar-refractivity contribution in [3.63, 3.8) is 0 Å². The minimum atomic E-state index is 0. The third kappa shape index (κ3) is 4.03. The van der Waals surface area contributed by atoms with Crippen LogP contribution >= 0.6 is 12.4 Å². The molecule has 1 aliphatic rings. The lowest BCUT2D eigenvalue weighted by atomic mass is 9.95. The number of hydrogen-bond donors (Lipinski definition) is 1. The second-order valence-electron chi connectivity index (χ2n) is 6.96. The molecule has 0 radical (unpaired) electrons. The number of fused-ring (bicyclic) bond motifs is 1. The molecule has 148 valence electrons. The van der Waals surface area contributed by atoms with Crippen LogP contribution in [0.25, 0.3) is 11.4 Å². The van der Waals surface area contributed by atoms with E-state index >= 15 is 0 Å². The summed E-state index contributed by atoms with van der Waals surface area (Å²) < 4.78 is 10.9. The summed E-state index contributed by atoms with van der Waals surface area (Å²) in [6, 6.07) is 6.26. The van der Waals surface area contributed by atoms with E-state index in [4.69, 9.17) is 9.26 Å². The third-order valence-electron chi connectivity index (χ3n) is 5.12. The fourth-order valence-corrected chi connectivity index (χ4v) is 3.60. The average molecular weight is 401 g/mol. The van der Waals surface area contributed by atoms with Crippen LogP contribution in [-0.4, -0.2) is 28.8 Å². The summed E-state index contributed by atoms with van der Waals surface area (Å²) in [5.41, 5.74) is 6.81. The van der Waals surface area contributed by atoms with Crippen molar-refractivity contribution in [2.45, 2.75) is 39.7 Å². The summed E-state index contributed by atoms with van der Waals surface area (Å²) >= 11 is 0. The van der Waals surface area contributed by atoms with Gasteiger partial charge in [-0.15, -0.1) is 12.4 Å². The normalized spacial score (nSPS) is 13.0. The van der Waals surface area contributed by atoms with Crippen LogP contribution in [0, 0.1) is 13.8 Å². The van der Waals surface area contributed by atoms with E-state index in [0.717, 1.165) is 48.5 Å². The number of benzene rings is 1. The monoisotopic (exact) mass is 400 g/mol. The smallest absolute Gasteiger partial charge is 0.227 e. The zero-order chi connectivity index (χ0) is 18.8. The molecule has 0 unspecified atom stereocenters. The van der Waals surface area contributed by atoms with Gasteiger partial charge < -0.3 is 14.6 Å². The largest absolute Gasteiger partial charge is 0.496 e. The molecule has 0 saturated heterocycles. The van der Waals surface area contributed by atoms with E-state index in [9.17, 15) is 0 Å². The van der Waals surface area contributed by atoms with E-state index in [0.29, 0.717) is 18.1 Å². The maximum Gasteiger partial charge on any atom is 0.227 e. The zero-order valence-electron chi connectivity index (χ0n) is 16.4. The topological polar surface area (TPSA) is 73.1 Å². The van der Waals surface area contributed by atoms with Crippen LogP contribution in [0.1, 0.15) is 33.8 Å². The van der Waals surface area contributed by atoms with Crippen LogP contribution in [-0.2, 0) is 25.8 Å². The summed E-state index contributed by atoms with van der Waals surface area (Å²) in [7, 11) is 1.70. The Kier molecular flexibility index (Phi) is 6.31. The van der Waals surface area contributed by atoms with E-state index < -0.39 is 0 Å². The second-order valence-corrected chi connectivity index (χ2v) is 6.96. The maximum absolute atomic E-state index is 5.53. The Morgan fingerprint density at radius 2 is 2.07 bits per heavy atom. The van der Waals surface area contributed by atoms with Crippen molar-refractivity contribution in [3.05, 3.63) is 58.2 Å². The summed E-state index contributed by atoms with van der Waals surface area (Å²) in [5.74, 6) is 2.20. The molecule has 6 nitrogen and oxygen atoms in total. The number of pyridine rings is 1. The molecule has 3 heterocycles. The van der Waals surface area contributed by atoms with Gasteiger partial charge in [-0.3, -0.25) is 4.98 Å². The lowest BCUT2D eigenvalue weighted by Crippen LogP contribution is -2.24. The van der Waals surface area contributed by atoms with Gasteiger partial charge in [-0.1, -0.05) is 17.3 Å². The van der Waals surface area contributed by atoms with Gasteiger partial charge in [-0.05, 0) is 61.6 Å². The Bertz CT molecular complexity index is 971. The fourth-order valence-electron chi connectivity index (χ4n) is 3.60. The molecule has 1 aromatic carbocycles. The number of halogens is 1. The van der Waals surface area contributed by atoms with Crippen LogP contribution < -0.4 is 10.1 Å². The highest BCUT2D eigenvalue weighted by atomic mass is 35.5. The summed E-state index contributed by atoms with van der Waals surface area (Å²) in [5, 5.41) is 7.63. The van der Waals surface area contributed by atoms with E-state index in [-0.39, 0.29) is 12.4 Å². The molecule has 0 amide bonds. The van der Waals surface area contributed by atoms with Crippen LogP contribution in [0.5, 0.6) is 5.75 Å². The highest BCUT2D eigenvalue weighted by molar-refractivity contribution is 5.85. The minimum absolute atomic E-state index is 0. The predicted octanol–water partition coefficient (Wildman–Crippen LogP) is 3.61. The molecular weight excluding hydrogens is 376 g/mol. The van der Waals surface area contributed by atoms with Gasteiger partial charge in [0.15, 0.2) is 0 Å². The van der Waals surface area contributed by atoms with Gasteiger partial charge in [0.1, 0.15) is 5.75 Å².